The van der Waals surface area contributed by atoms with Crippen LogP contribution in [0.4, 0.5) is 4.39 Å². The molecular weight excluding hydrogens is 251 g/mol. The zero-order chi connectivity index (χ0) is 14.8. The van der Waals surface area contributed by atoms with E-state index in [4.69, 9.17) is 5.73 Å². The van der Waals surface area contributed by atoms with Gasteiger partial charge in [0.1, 0.15) is 5.82 Å². The summed E-state index contributed by atoms with van der Waals surface area (Å²) in [5.41, 5.74) is 8.51. The van der Waals surface area contributed by atoms with Crippen molar-refractivity contribution >= 4 is 0 Å². The summed E-state index contributed by atoms with van der Waals surface area (Å²) < 4.78 is 13.3. The number of halogens is 1. The van der Waals surface area contributed by atoms with E-state index in [1.807, 2.05) is 6.07 Å². The number of hydrogen-bond donors (Lipinski definition) is 1. The van der Waals surface area contributed by atoms with Crippen LogP contribution in [0.25, 0.3) is 0 Å². The van der Waals surface area contributed by atoms with E-state index in [1.54, 1.807) is 12.1 Å². The SMILES string of the molecule is CCCN(CC(C)(C)CN)C1CCc2cc(F)ccc21. The molecule has 2 N–H and O–H groups in total. The molecule has 0 fully saturated rings. The van der Waals surface area contributed by atoms with Crippen LogP contribution in [0.15, 0.2) is 18.2 Å². The molecule has 0 spiro atoms. The summed E-state index contributed by atoms with van der Waals surface area (Å²) in [7, 11) is 0. The molecule has 0 bridgehead atoms. The lowest BCUT2D eigenvalue weighted by atomic mass is 9.91. The third kappa shape index (κ3) is 3.39. The van der Waals surface area contributed by atoms with Gasteiger partial charge in [0.2, 0.25) is 0 Å². The first-order valence-electron chi connectivity index (χ1n) is 7.69. The first-order chi connectivity index (χ1) is 9.46. The average Bonchev–Trinajstić information content (AvgIpc) is 2.81. The van der Waals surface area contributed by atoms with Gasteiger partial charge in [0.05, 0.1) is 0 Å². The number of fused-ring (bicyclic) bond motifs is 1. The minimum atomic E-state index is -0.117. The van der Waals surface area contributed by atoms with Crippen LogP contribution in [0.3, 0.4) is 0 Å². The van der Waals surface area contributed by atoms with E-state index in [0.717, 1.165) is 32.4 Å². The van der Waals surface area contributed by atoms with Crippen molar-refractivity contribution in [3.63, 3.8) is 0 Å². The second kappa shape index (κ2) is 6.23. The summed E-state index contributed by atoms with van der Waals surface area (Å²) in [4.78, 5) is 2.54. The van der Waals surface area contributed by atoms with Crippen LogP contribution in [0.5, 0.6) is 0 Å². The van der Waals surface area contributed by atoms with Crippen LogP contribution in [0.2, 0.25) is 0 Å². The maximum atomic E-state index is 13.3. The molecule has 1 unspecified atom stereocenters. The number of nitrogens with two attached hydrogens (primary N) is 1. The highest BCUT2D eigenvalue weighted by Crippen LogP contribution is 2.37. The van der Waals surface area contributed by atoms with Gasteiger partial charge in [0.15, 0.2) is 0 Å². The molecule has 2 rings (SSSR count). The molecule has 0 saturated carbocycles. The van der Waals surface area contributed by atoms with Crippen LogP contribution in [0, 0.1) is 11.2 Å². The average molecular weight is 278 g/mol. The van der Waals surface area contributed by atoms with Gasteiger partial charge in [-0.05, 0) is 61.0 Å². The number of rotatable bonds is 6. The van der Waals surface area contributed by atoms with Crippen LogP contribution in [-0.2, 0) is 6.42 Å². The van der Waals surface area contributed by atoms with E-state index in [9.17, 15) is 4.39 Å². The summed E-state index contributed by atoms with van der Waals surface area (Å²) in [5, 5.41) is 0. The first kappa shape index (κ1) is 15.5. The van der Waals surface area contributed by atoms with Gasteiger partial charge in [-0.2, -0.15) is 0 Å². The fourth-order valence-electron chi connectivity index (χ4n) is 3.19. The molecule has 20 heavy (non-hydrogen) atoms. The zero-order valence-electron chi connectivity index (χ0n) is 13.0. The summed E-state index contributed by atoms with van der Waals surface area (Å²) in [6.07, 6.45) is 3.22. The predicted octanol–water partition coefficient (Wildman–Crippen LogP) is 3.51. The maximum Gasteiger partial charge on any atom is 0.123 e. The van der Waals surface area contributed by atoms with Crippen molar-refractivity contribution in [3.8, 4) is 0 Å². The van der Waals surface area contributed by atoms with E-state index in [1.165, 1.54) is 11.1 Å². The quantitative estimate of drug-likeness (QED) is 0.863. The maximum absolute atomic E-state index is 13.3. The van der Waals surface area contributed by atoms with Gasteiger partial charge in [-0.25, -0.2) is 4.39 Å². The normalized spacial score (nSPS) is 18.6. The second-order valence-electron chi connectivity index (χ2n) is 6.74. The molecule has 1 aliphatic rings. The highest BCUT2D eigenvalue weighted by Gasteiger charge is 2.31. The van der Waals surface area contributed by atoms with Gasteiger partial charge >= 0.3 is 0 Å². The molecule has 1 aromatic rings. The number of benzene rings is 1. The lowest BCUT2D eigenvalue weighted by molar-refractivity contribution is 0.131. The summed E-state index contributed by atoms with van der Waals surface area (Å²) in [5.74, 6) is -0.117. The first-order valence-corrected chi connectivity index (χ1v) is 7.69. The topological polar surface area (TPSA) is 29.3 Å². The molecule has 0 aromatic heterocycles. The summed E-state index contributed by atoms with van der Waals surface area (Å²) in [6.45, 7) is 9.41. The number of hydrogen-bond acceptors (Lipinski definition) is 2. The second-order valence-corrected chi connectivity index (χ2v) is 6.74. The number of aryl methyl sites for hydroxylation is 1. The Morgan fingerprint density at radius 3 is 2.80 bits per heavy atom. The van der Waals surface area contributed by atoms with E-state index in [-0.39, 0.29) is 11.2 Å². The van der Waals surface area contributed by atoms with Crippen LogP contribution in [0.1, 0.15) is 50.8 Å². The highest BCUT2D eigenvalue weighted by atomic mass is 19.1. The highest BCUT2D eigenvalue weighted by molar-refractivity contribution is 5.35. The summed E-state index contributed by atoms with van der Waals surface area (Å²) >= 11 is 0. The van der Waals surface area contributed by atoms with Crippen LogP contribution < -0.4 is 5.73 Å². The molecule has 0 aliphatic heterocycles. The predicted molar refractivity (Wildman–Crippen MR) is 82.2 cm³/mol. The third-order valence-electron chi connectivity index (χ3n) is 4.29. The molecule has 1 atom stereocenters. The van der Waals surface area contributed by atoms with Gasteiger partial charge in [0.25, 0.3) is 0 Å². The molecular formula is C17H27FN2. The molecule has 112 valence electrons. The lowest BCUT2D eigenvalue weighted by Crippen LogP contribution is -2.40. The fraction of sp³-hybridized carbons (Fsp3) is 0.647. The van der Waals surface area contributed by atoms with Crippen molar-refractivity contribution in [1.29, 1.82) is 0 Å². The monoisotopic (exact) mass is 278 g/mol. The van der Waals surface area contributed by atoms with Gasteiger partial charge in [-0.3, -0.25) is 4.90 Å². The van der Waals surface area contributed by atoms with Crippen LogP contribution in [-0.4, -0.2) is 24.5 Å². The Morgan fingerprint density at radius 2 is 2.15 bits per heavy atom. The Balaban J connectivity index is 2.20. The Kier molecular flexibility index (Phi) is 4.82. The molecule has 2 nitrogen and oxygen atoms in total. The molecule has 1 aromatic carbocycles. The number of nitrogens with zero attached hydrogens (tertiary/aromatic N) is 1. The Labute approximate surface area is 122 Å². The van der Waals surface area contributed by atoms with Crippen molar-refractivity contribution in [2.75, 3.05) is 19.6 Å². The minimum Gasteiger partial charge on any atom is -0.330 e. The van der Waals surface area contributed by atoms with Crippen molar-refractivity contribution < 1.29 is 4.39 Å². The fourth-order valence-corrected chi connectivity index (χ4v) is 3.19. The van der Waals surface area contributed by atoms with Gasteiger partial charge in [-0.15, -0.1) is 0 Å². The van der Waals surface area contributed by atoms with Crippen molar-refractivity contribution in [2.24, 2.45) is 11.1 Å². The third-order valence-corrected chi connectivity index (χ3v) is 4.29. The molecule has 3 heteroatoms. The Hall–Kier alpha value is -0.930. The van der Waals surface area contributed by atoms with Gasteiger partial charge < -0.3 is 5.73 Å². The lowest BCUT2D eigenvalue weighted by Gasteiger charge is -2.36. The largest absolute Gasteiger partial charge is 0.330 e. The van der Waals surface area contributed by atoms with Crippen molar-refractivity contribution in [2.45, 2.75) is 46.1 Å². The van der Waals surface area contributed by atoms with E-state index in [0.29, 0.717) is 12.6 Å². The van der Waals surface area contributed by atoms with Crippen LogP contribution >= 0.6 is 0 Å². The van der Waals surface area contributed by atoms with Crippen molar-refractivity contribution in [3.05, 3.63) is 35.1 Å². The molecule has 1 aliphatic carbocycles. The van der Waals surface area contributed by atoms with Gasteiger partial charge in [-0.1, -0.05) is 26.8 Å². The zero-order valence-corrected chi connectivity index (χ0v) is 13.0. The van der Waals surface area contributed by atoms with E-state index >= 15 is 0 Å². The Morgan fingerprint density at radius 1 is 1.40 bits per heavy atom. The smallest absolute Gasteiger partial charge is 0.123 e. The summed E-state index contributed by atoms with van der Waals surface area (Å²) in [6, 6.07) is 5.69. The minimum absolute atomic E-state index is 0.117. The van der Waals surface area contributed by atoms with Gasteiger partial charge in [0, 0.05) is 12.6 Å². The Bertz CT molecular complexity index is 456. The molecule has 0 amide bonds. The molecule has 0 saturated heterocycles. The van der Waals surface area contributed by atoms with E-state index < -0.39 is 0 Å². The van der Waals surface area contributed by atoms with Crippen molar-refractivity contribution in [1.82, 2.24) is 4.90 Å². The van der Waals surface area contributed by atoms with E-state index in [2.05, 4.69) is 25.7 Å². The molecule has 0 heterocycles. The molecule has 0 radical (unpaired) electrons. The standard InChI is InChI=1S/C17H27FN2/c1-4-9-20(12-17(2,3)11-19)16-8-5-13-10-14(18)6-7-15(13)16/h6-7,10,16H,4-5,8-9,11-12,19H2,1-3H3.